The minimum absolute atomic E-state index is 0.0271. The average Bonchev–Trinajstić information content (AvgIpc) is 3.38. The summed E-state index contributed by atoms with van der Waals surface area (Å²) in [5.41, 5.74) is 0.796. The number of nitrogens with zero attached hydrogens (tertiary/aromatic N) is 4. The van der Waals surface area contributed by atoms with Crippen LogP contribution in [0, 0.1) is 34.5 Å². The van der Waals surface area contributed by atoms with E-state index < -0.39 is 6.36 Å². The van der Waals surface area contributed by atoms with E-state index in [0.717, 1.165) is 38.3 Å². The average molecular weight is 557 g/mol. The fourth-order valence-electron chi connectivity index (χ4n) is 8.37. The second-order valence-electron chi connectivity index (χ2n) is 12.1. The number of nitrogens with one attached hydrogen (secondary N) is 2. The van der Waals surface area contributed by atoms with Gasteiger partial charge in [-0.25, -0.2) is 4.98 Å². The molecule has 5 aliphatic rings. The van der Waals surface area contributed by atoms with E-state index in [9.17, 15) is 23.5 Å². The van der Waals surface area contributed by atoms with Crippen molar-refractivity contribution in [2.24, 2.45) is 23.2 Å². The van der Waals surface area contributed by atoms with Crippen molar-refractivity contribution >= 4 is 11.8 Å². The van der Waals surface area contributed by atoms with Crippen molar-refractivity contribution in [3.05, 3.63) is 41.6 Å². The highest BCUT2D eigenvalue weighted by atomic mass is 19.4. The predicted octanol–water partition coefficient (Wildman–Crippen LogP) is 4.92. The number of likely N-dealkylation sites (tertiary alicyclic amines) is 1. The molecule has 8 nitrogen and oxygen atoms in total. The molecule has 4 aliphatic carbocycles. The highest BCUT2D eigenvalue weighted by Crippen LogP contribution is 2.61. The van der Waals surface area contributed by atoms with Crippen LogP contribution in [0.5, 0.6) is 5.75 Å². The number of rotatable bonds is 9. The highest BCUT2D eigenvalue weighted by Gasteiger charge is 2.57. The van der Waals surface area contributed by atoms with Crippen LogP contribution in [0.15, 0.2) is 30.5 Å². The summed E-state index contributed by atoms with van der Waals surface area (Å²) in [4.78, 5) is 11.3. The fraction of sp³-hybridized carbons (Fsp3) is 0.621. The molecule has 0 amide bonds. The molecule has 1 aromatic carbocycles. The smallest absolute Gasteiger partial charge is 0.405 e. The molecule has 11 heteroatoms. The van der Waals surface area contributed by atoms with Crippen LogP contribution in [0.25, 0.3) is 0 Å². The number of para-hydroxylation sites is 1. The number of benzene rings is 1. The maximum Gasteiger partial charge on any atom is 0.573 e. The first-order valence-corrected chi connectivity index (χ1v) is 14.2. The Morgan fingerprint density at radius 3 is 2.65 bits per heavy atom. The number of aromatic nitrogens is 2. The lowest BCUT2D eigenvalue weighted by molar-refractivity contribution is -0.274. The van der Waals surface area contributed by atoms with Crippen LogP contribution in [0.3, 0.4) is 0 Å². The van der Waals surface area contributed by atoms with Crippen molar-refractivity contribution in [1.82, 2.24) is 14.9 Å². The molecule has 7 rings (SSSR count). The number of hydrogen-bond donors (Lipinski definition) is 3. The highest BCUT2D eigenvalue weighted by molar-refractivity contribution is 5.53. The number of aliphatic hydroxyl groups excluding tert-OH is 1. The van der Waals surface area contributed by atoms with Gasteiger partial charge >= 0.3 is 6.36 Å². The third kappa shape index (κ3) is 5.44. The first-order valence-electron chi connectivity index (χ1n) is 14.2. The van der Waals surface area contributed by atoms with Crippen molar-refractivity contribution in [1.29, 1.82) is 5.26 Å². The van der Waals surface area contributed by atoms with Gasteiger partial charge in [0.25, 0.3) is 0 Å². The van der Waals surface area contributed by atoms with E-state index in [1.807, 2.05) is 0 Å². The number of nitriles is 1. The molecule has 6 atom stereocenters. The summed E-state index contributed by atoms with van der Waals surface area (Å²) in [6.07, 6.45) is 4.89. The van der Waals surface area contributed by atoms with Crippen molar-refractivity contribution in [2.45, 2.75) is 69.9 Å². The maximum atomic E-state index is 12.8. The molecule has 1 saturated heterocycles. The molecular weight excluding hydrogens is 521 g/mol. The topological polar surface area (TPSA) is 106 Å². The molecular formula is C29H35F3N6O2. The number of ether oxygens (including phenoxy) is 1. The Kier molecular flexibility index (Phi) is 7.25. The van der Waals surface area contributed by atoms with E-state index in [4.69, 9.17) is 0 Å². The summed E-state index contributed by atoms with van der Waals surface area (Å²) in [7, 11) is 0. The van der Waals surface area contributed by atoms with E-state index in [1.165, 1.54) is 44.0 Å². The molecule has 4 bridgehead atoms. The number of aliphatic hydroxyl groups is 1. The van der Waals surface area contributed by atoms with Gasteiger partial charge in [0.1, 0.15) is 23.2 Å². The van der Waals surface area contributed by atoms with Gasteiger partial charge in [-0.15, -0.1) is 13.2 Å². The third-order valence-corrected chi connectivity index (χ3v) is 9.54. The SMILES string of the molecule is N#Cc1cnc(NCc2ccccc2OC(F)(F)F)nc1NC[C@@]12CC3C[C@H](C1)C(N1CCC[C@@H]1CO)[C@@H](C3)C2. The summed E-state index contributed by atoms with van der Waals surface area (Å²) >= 11 is 0. The van der Waals surface area contributed by atoms with Crippen LogP contribution in [0.4, 0.5) is 24.9 Å². The molecule has 2 heterocycles. The monoisotopic (exact) mass is 556 g/mol. The van der Waals surface area contributed by atoms with E-state index in [1.54, 1.807) is 12.1 Å². The number of anilines is 2. The summed E-state index contributed by atoms with van der Waals surface area (Å²) in [6, 6.07) is 8.95. The van der Waals surface area contributed by atoms with Gasteiger partial charge in [-0.1, -0.05) is 18.2 Å². The van der Waals surface area contributed by atoms with E-state index in [2.05, 4.69) is 36.3 Å². The minimum Gasteiger partial charge on any atom is -0.405 e. The van der Waals surface area contributed by atoms with Crippen LogP contribution in [-0.2, 0) is 6.54 Å². The predicted molar refractivity (Wildman–Crippen MR) is 142 cm³/mol. The lowest BCUT2D eigenvalue weighted by Crippen LogP contribution is -2.61. The Morgan fingerprint density at radius 1 is 1.15 bits per heavy atom. The van der Waals surface area contributed by atoms with Gasteiger partial charge in [-0.3, -0.25) is 4.90 Å². The maximum absolute atomic E-state index is 12.8. The Balaban J connectivity index is 1.13. The molecule has 4 saturated carbocycles. The molecule has 3 N–H and O–H groups in total. The molecule has 2 unspecified atom stereocenters. The van der Waals surface area contributed by atoms with Gasteiger partial charge in [0, 0.05) is 30.7 Å². The van der Waals surface area contributed by atoms with Gasteiger partial charge in [-0.05, 0) is 80.7 Å². The van der Waals surface area contributed by atoms with Crippen LogP contribution >= 0.6 is 0 Å². The molecule has 40 heavy (non-hydrogen) atoms. The summed E-state index contributed by atoms with van der Waals surface area (Å²) in [6.45, 7) is 2.08. The van der Waals surface area contributed by atoms with Crippen molar-refractivity contribution in [3.63, 3.8) is 0 Å². The van der Waals surface area contributed by atoms with E-state index in [-0.39, 0.29) is 30.3 Å². The minimum atomic E-state index is -4.79. The third-order valence-electron chi connectivity index (χ3n) is 9.54. The van der Waals surface area contributed by atoms with Crippen LogP contribution < -0.4 is 15.4 Å². The Hall–Kier alpha value is -3.10. The fourth-order valence-corrected chi connectivity index (χ4v) is 8.37. The quantitative estimate of drug-likeness (QED) is 0.400. The van der Waals surface area contributed by atoms with Gasteiger partial charge in [0.2, 0.25) is 5.95 Å². The lowest BCUT2D eigenvalue weighted by Gasteiger charge is -2.62. The summed E-state index contributed by atoms with van der Waals surface area (Å²) in [5.74, 6) is 2.37. The molecule has 1 aliphatic heterocycles. The number of halogens is 3. The molecule has 0 radical (unpaired) electrons. The van der Waals surface area contributed by atoms with Crippen molar-refractivity contribution in [2.75, 3.05) is 30.3 Å². The first kappa shape index (κ1) is 27.1. The van der Waals surface area contributed by atoms with Crippen molar-refractivity contribution in [3.8, 4) is 11.8 Å². The van der Waals surface area contributed by atoms with Gasteiger partial charge in [0.15, 0.2) is 0 Å². The first-order chi connectivity index (χ1) is 19.3. The van der Waals surface area contributed by atoms with Gasteiger partial charge < -0.3 is 20.5 Å². The van der Waals surface area contributed by atoms with Crippen LogP contribution in [0.1, 0.15) is 56.1 Å². The van der Waals surface area contributed by atoms with Gasteiger partial charge in [0.05, 0.1) is 12.8 Å². The molecule has 1 aromatic heterocycles. The number of alkyl halides is 3. The summed E-state index contributed by atoms with van der Waals surface area (Å²) < 4.78 is 42.5. The molecule has 0 spiro atoms. The Bertz CT molecular complexity index is 1250. The summed E-state index contributed by atoms with van der Waals surface area (Å²) in [5, 5.41) is 26.1. The van der Waals surface area contributed by atoms with Crippen molar-refractivity contribution < 1.29 is 23.0 Å². The van der Waals surface area contributed by atoms with Crippen LogP contribution in [-0.4, -0.2) is 58.1 Å². The van der Waals surface area contributed by atoms with E-state index >= 15 is 0 Å². The zero-order valence-electron chi connectivity index (χ0n) is 22.3. The zero-order chi connectivity index (χ0) is 27.9. The standard InChI is InChI=1S/C29H35F3N6O2/c30-29(31,32)40-24-6-2-1-4-19(24)14-34-27-35-15-22(13-33)26(37-27)36-17-28-10-18-8-20(11-28)25(21(9-18)12-28)38-7-3-5-23(38)16-39/h1-2,4,6,15,18,20-21,23,25,39H,3,5,7-12,14,16-17H2,(H2,34,35,36,37)/t18?,20-,21+,23-,25?,28+/m1/s1. The van der Waals surface area contributed by atoms with Gasteiger partial charge in [-0.2, -0.15) is 10.2 Å². The number of hydrogen-bond acceptors (Lipinski definition) is 8. The molecule has 214 valence electrons. The Labute approximate surface area is 231 Å². The molecule has 5 fully saturated rings. The lowest BCUT2D eigenvalue weighted by atomic mass is 9.47. The molecule has 2 aromatic rings. The normalized spacial score (nSPS) is 31.2. The Morgan fingerprint density at radius 2 is 1.93 bits per heavy atom. The van der Waals surface area contributed by atoms with E-state index in [0.29, 0.717) is 40.9 Å². The van der Waals surface area contributed by atoms with Crippen LogP contribution in [0.2, 0.25) is 0 Å². The largest absolute Gasteiger partial charge is 0.573 e. The second kappa shape index (κ2) is 10.7. The zero-order valence-corrected chi connectivity index (χ0v) is 22.3. The second-order valence-corrected chi connectivity index (χ2v) is 12.1.